The number of nitrogens with one attached hydrogen (secondary N) is 1. The van der Waals surface area contributed by atoms with Gasteiger partial charge in [-0.1, -0.05) is 12.0 Å². The molecule has 1 atom stereocenters. The third-order valence-electron chi connectivity index (χ3n) is 4.06. The molecule has 2 aromatic rings. The number of hydrogen-bond donors (Lipinski definition) is 4. The number of nitrogens with zero attached hydrogens (tertiary/aromatic N) is 4. The number of urea groups is 1. The second-order valence-corrected chi connectivity index (χ2v) is 6.33. The van der Waals surface area contributed by atoms with Crippen LogP contribution in [0.5, 0.6) is 5.75 Å². The average Bonchev–Trinajstić information content (AvgIpc) is 2.98. The summed E-state index contributed by atoms with van der Waals surface area (Å²) in [6.07, 6.45) is 3.52. The van der Waals surface area contributed by atoms with Crippen molar-refractivity contribution in [3.05, 3.63) is 47.8 Å². The van der Waals surface area contributed by atoms with Crippen LogP contribution in [-0.2, 0) is 0 Å². The number of aliphatic hydroxyl groups excluding tert-OH is 1. The maximum Gasteiger partial charge on any atom is 0.356 e. The van der Waals surface area contributed by atoms with Crippen molar-refractivity contribution in [2.24, 2.45) is 16.0 Å². The van der Waals surface area contributed by atoms with Crippen LogP contribution in [0, 0.1) is 0 Å². The molecule has 29 heavy (non-hydrogen) atoms. The Morgan fingerprint density at radius 2 is 2.17 bits per heavy atom. The highest BCUT2D eigenvalue weighted by atomic mass is 16.3. The minimum atomic E-state index is -0.942. The van der Waals surface area contributed by atoms with Crippen molar-refractivity contribution in [2.75, 3.05) is 25.0 Å². The standard InChI is InChI=1S/C10H12N4O3.C9H12N2O/c1-14-4-9(16)5-2-6(12-13-10(11)17)8(15)3-7(5)14;1-2-5-11-9(12)8-4-3-6-10-7-8/h2-3,9,15-16H,4H2,1H3,(H2,11,17);3-4,6-7H,2,5H2,1H3,(H,11,12). The van der Waals surface area contributed by atoms with Crippen molar-refractivity contribution in [3.63, 3.8) is 0 Å². The summed E-state index contributed by atoms with van der Waals surface area (Å²) in [5, 5.41) is 28.9. The van der Waals surface area contributed by atoms with Crippen LogP contribution in [-0.4, -0.2) is 47.3 Å². The number of aliphatic hydroxyl groups is 1. The maximum atomic E-state index is 11.3. The second kappa shape index (κ2) is 10.1. The SMILES string of the molecule is CCCNC(=O)c1cccnc1.CN1CC(O)c2cc(N=NC(N)=O)c(O)cc21. The summed E-state index contributed by atoms with van der Waals surface area (Å²) in [6, 6.07) is 5.52. The number of carbonyl (C=O) groups is 2. The van der Waals surface area contributed by atoms with E-state index in [0.717, 1.165) is 12.1 Å². The molecule has 0 saturated heterocycles. The highest BCUT2D eigenvalue weighted by molar-refractivity contribution is 5.93. The van der Waals surface area contributed by atoms with Crippen molar-refractivity contribution >= 4 is 23.3 Å². The molecule has 1 aromatic carbocycles. The van der Waals surface area contributed by atoms with Gasteiger partial charge in [0.05, 0.1) is 11.7 Å². The van der Waals surface area contributed by atoms with E-state index >= 15 is 0 Å². The van der Waals surface area contributed by atoms with Crippen LogP contribution < -0.4 is 16.0 Å². The largest absolute Gasteiger partial charge is 0.506 e. The van der Waals surface area contributed by atoms with Crippen molar-refractivity contribution < 1.29 is 19.8 Å². The van der Waals surface area contributed by atoms with Gasteiger partial charge in [-0.2, -0.15) is 0 Å². The fraction of sp³-hybridized carbons (Fsp3) is 0.316. The molecular formula is C19H24N6O4. The van der Waals surface area contributed by atoms with Crippen LogP contribution in [0.25, 0.3) is 0 Å². The van der Waals surface area contributed by atoms with E-state index in [0.29, 0.717) is 24.2 Å². The van der Waals surface area contributed by atoms with E-state index in [-0.39, 0.29) is 17.3 Å². The first-order valence-corrected chi connectivity index (χ1v) is 8.99. The van der Waals surface area contributed by atoms with Gasteiger partial charge in [-0.15, -0.1) is 5.11 Å². The molecule has 0 radical (unpaired) electrons. The number of rotatable bonds is 4. The molecule has 0 aliphatic carbocycles. The fourth-order valence-electron chi connectivity index (χ4n) is 2.66. The third-order valence-corrected chi connectivity index (χ3v) is 4.06. The highest BCUT2D eigenvalue weighted by Crippen LogP contribution is 2.41. The van der Waals surface area contributed by atoms with Gasteiger partial charge in [-0.25, -0.2) is 4.79 Å². The number of aromatic nitrogens is 1. The number of hydrogen-bond acceptors (Lipinski definition) is 7. The van der Waals surface area contributed by atoms with Gasteiger partial charge in [-0.05, 0) is 24.6 Å². The zero-order valence-corrected chi connectivity index (χ0v) is 16.2. The maximum absolute atomic E-state index is 11.3. The minimum Gasteiger partial charge on any atom is -0.506 e. The van der Waals surface area contributed by atoms with E-state index in [9.17, 15) is 19.8 Å². The first kappa shape index (κ1) is 21.8. The highest BCUT2D eigenvalue weighted by Gasteiger charge is 2.26. The Hall–Kier alpha value is -3.53. The summed E-state index contributed by atoms with van der Waals surface area (Å²) in [7, 11) is 1.80. The Bertz CT molecular complexity index is 888. The molecule has 1 unspecified atom stereocenters. The quantitative estimate of drug-likeness (QED) is 0.577. The normalized spacial score (nSPS) is 14.9. The van der Waals surface area contributed by atoms with Crippen LogP contribution in [0.3, 0.4) is 0 Å². The lowest BCUT2D eigenvalue weighted by Gasteiger charge is -2.11. The van der Waals surface area contributed by atoms with Crippen LogP contribution in [0.15, 0.2) is 46.9 Å². The number of azo groups is 1. The van der Waals surface area contributed by atoms with Gasteiger partial charge in [0.2, 0.25) is 0 Å². The number of phenols is 1. The summed E-state index contributed by atoms with van der Waals surface area (Å²) in [6.45, 7) is 3.18. The third kappa shape index (κ3) is 5.98. The Morgan fingerprint density at radius 1 is 1.41 bits per heavy atom. The number of aromatic hydroxyl groups is 1. The van der Waals surface area contributed by atoms with E-state index in [1.54, 1.807) is 31.6 Å². The molecule has 1 aliphatic rings. The molecule has 1 aliphatic heterocycles. The number of anilines is 1. The zero-order chi connectivity index (χ0) is 21.4. The monoisotopic (exact) mass is 400 g/mol. The van der Waals surface area contributed by atoms with Crippen molar-refractivity contribution in [1.82, 2.24) is 10.3 Å². The van der Waals surface area contributed by atoms with Gasteiger partial charge in [-0.3, -0.25) is 9.78 Å². The molecule has 3 amide bonds. The van der Waals surface area contributed by atoms with E-state index in [2.05, 4.69) is 20.5 Å². The predicted octanol–water partition coefficient (Wildman–Crippen LogP) is 2.26. The lowest BCUT2D eigenvalue weighted by atomic mass is 10.1. The number of likely N-dealkylation sites (N-methyl/N-ethyl adjacent to an activating group) is 1. The van der Waals surface area contributed by atoms with Crippen LogP contribution in [0.4, 0.5) is 16.2 Å². The Labute approximate surface area is 168 Å². The number of benzene rings is 1. The molecule has 1 aromatic heterocycles. The average molecular weight is 400 g/mol. The number of primary amides is 1. The molecular weight excluding hydrogens is 376 g/mol. The van der Waals surface area contributed by atoms with Crippen molar-refractivity contribution in [1.29, 1.82) is 0 Å². The number of fused-ring (bicyclic) bond motifs is 1. The Balaban J connectivity index is 0.000000221. The Morgan fingerprint density at radius 3 is 2.79 bits per heavy atom. The molecule has 5 N–H and O–H groups in total. The van der Waals surface area contributed by atoms with E-state index in [4.69, 9.17) is 5.73 Å². The molecule has 154 valence electrons. The molecule has 0 spiro atoms. The summed E-state index contributed by atoms with van der Waals surface area (Å²) < 4.78 is 0. The van der Waals surface area contributed by atoms with Gasteiger partial charge < -0.3 is 26.2 Å². The number of nitrogens with two attached hydrogens (primary N) is 1. The molecule has 0 bridgehead atoms. The second-order valence-electron chi connectivity index (χ2n) is 6.33. The van der Waals surface area contributed by atoms with Crippen LogP contribution >= 0.6 is 0 Å². The number of β-amino-alcohol motifs (C(OH)–C–C–N with tert-alkyl or cyclic N) is 1. The number of pyridine rings is 1. The van der Waals surface area contributed by atoms with E-state index in [1.165, 1.54) is 12.1 Å². The van der Waals surface area contributed by atoms with Gasteiger partial charge in [0.1, 0.15) is 11.4 Å². The number of phenolic OH excluding ortho intramolecular Hbond substituents is 1. The fourth-order valence-corrected chi connectivity index (χ4v) is 2.66. The van der Waals surface area contributed by atoms with Gasteiger partial charge in [0.15, 0.2) is 0 Å². The van der Waals surface area contributed by atoms with Crippen molar-refractivity contribution in [3.8, 4) is 5.75 Å². The molecule has 0 fully saturated rings. The van der Waals surface area contributed by atoms with Gasteiger partial charge >= 0.3 is 6.03 Å². The lowest BCUT2D eigenvalue weighted by Crippen LogP contribution is -2.23. The summed E-state index contributed by atoms with van der Waals surface area (Å²) in [4.78, 5) is 27.4. The molecule has 10 heteroatoms. The van der Waals surface area contributed by atoms with Crippen LogP contribution in [0.1, 0.15) is 35.4 Å². The number of carbonyl (C=O) groups excluding carboxylic acids is 2. The smallest absolute Gasteiger partial charge is 0.356 e. The molecule has 3 rings (SSSR count). The first-order chi connectivity index (χ1) is 13.8. The Kier molecular flexibility index (Phi) is 7.61. The summed E-state index contributed by atoms with van der Waals surface area (Å²) >= 11 is 0. The molecule has 2 heterocycles. The lowest BCUT2D eigenvalue weighted by molar-refractivity contribution is 0.0953. The predicted molar refractivity (Wildman–Crippen MR) is 107 cm³/mol. The van der Waals surface area contributed by atoms with Crippen LogP contribution in [0.2, 0.25) is 0 Å². The first-order valence-electron chi connectivity index (χ1n) is 8.99. The van der Waals surface area contributed by atoms with Crippen molar-refractivity contribution in [2.45, 2.75) is 19.4 Å². The van der Waals surface area contributed by atoms with E-state index in [1.807, 2.05) is 11.8 Å². The summed E-state index contributed by atoms with van der Waals surface area (Å²) in [5.74, 6) is -0.167. The summed E-state index contributed by atoms with van der Waals surface area (Å²) in [5.41, 5.74) is 6.91. The molecule has 0 saturated carbocycles. The molecule has 10 nitrogen and oxygen atoms in total. The zero-order valence-electron chi connectivity index (χ0n) is 16.2. The number of amides is 3. The topological polar surface area (TPSA) is 154 Å². The van der Waals surface area contributed by atoms with E-state index < -0.39 is 12.1 Å². The van der Waals surface area contributed by atoms with Gasteiger partial charge in [0.25, 0.3) is 5.91 Å². The van der Waals surface area contributed by atoms with Gasteiger partial charge in [0, 0.05) is 49.8 Å². The minimum absolute atomic E-state index is 0.0510.